The maximum atomic E-state index is 12.3. The highest BCUT2D eigenvalue weighted by Gasteiger charge is 2.08. The number of ketones is 1. The van der Waals surface area contributed by atoms with Gasteiger partial charge in [0.2, 0.25) is 0 Å². The summed E-state index contributed by atoms with van der Waals surface area (Å²) < 4.78 is 6.66. The van der Waals surface area contributed by atoms with Gasteiger partial charge in [0.25, 0.3) is 0 Å². The van der Waals surface area contributed by atoms with E-state index in [1.807, 2.05) is 48.6 Å². The molecule has 0 fully saturated rings. The molecule has 2 aromatic rings. The summed E-state index contributed by atoms with van der Waals surface area (Å²) in [6, 6.07) is 14.8. The van der Waals surface area contributed by atoms with Gasteiger partial charge < -0.3 is 4.74 Å². The number of ether oxygens (including phenoxy) is 1. The molecule has 0 N–H and O–H groups in total. The molecule has 4 heteroatoms. The van der Waals surface area contributed by atoms with Crippen molar-refractivity contribution < 1.29 is 9.53 Å². The first-order valence-corrected chi connectivity index (χ1v) is 8.65. The van der Waals surface area contributed by atoms with Crippen molar-refractivity contribution in [3.05, 3.63) is 75.4 Å². The van der Waals surface area contributed by atoms with Crippen LogP contribution in [-0.4, -0.2) is 17.7 Å². The molecule has 0 radical (unpaired) electrons. The van der Waals surface area contributed by atoms with Crippen LogP contribution in [0.25, 0.3) is 0 Å². The molecule has 0 saturated heterocycles. The van der Waals surface area contributed by atoms with Crippen molar-refractivity contribution in [2.24, 2.45) is 0 Å². The van der Waals surface area contributed by atoms with Crippen LogP contribution in [0, 0.1) is 3.57 Å². The van der Waals surface area contributed by atoms with Crippen molar-refractivity contribution in [3.8, 4) is 5.75 Å². The summed E-state index contributed by atoms with van der Waals surface area (Å²) in [5, 5.41) is 0.819. The Balaban J connectivity index is 2.02. The Hall–Kier alpha value is -1.14. The van der Waals surface area contributed by atoms with Gasteiger partial charge in [0.05, 0.1) is 0 Å². The maximum absolute atomic E-state index is 12.3. The Bertz CT molecular complexity index is 618. The summed E-state index contributed by atoms with van der Waals surface area (Å²) in [6.45, 7) is 0.524. The van der Waals surface area contributed by atoms with E-state index in [0.29, 0.717) is 17.7 Å². The van der Waals surface area contributed by atoms with Crippen molar-refractivity contribution >= 4 is 44.3 Å². The van der Waals surface area contributed by atoms with Crippen LogP contribution in [0.1, 0.15) is 15.9 Å². The number of benzene rings is 2. The van der Waals surface area contributed by atoms with Gasteiger partial charge in [0.15, 0.2) is 5.78 Å². The Morgan fingerprint density at radius 2 is 1.57 bits per heavy atom. The van der Waals surface area contributed by atoms with Crippen LogP contribution in [0.4, 0.5) is 0 Å². The predicted octanol–water partition coefficient (Wildman–Crippen LogP) is 4.85. The van der Waals surface area contributed by atoms with E-state index < -0.39 is 0 Å². The average molecular weight is 457 g/mol. The number of alkyl halides is 1. The molecule has 2 rings (SSSR count). The Morgan fingerprint density at radius 1 is 1.00 bits per heavy atom. The van der Waals surface area contributed by atoms with E-state index in [9.17, 15) is 4.79 Å². The van der Waals surface area contributed by atoms with Gasteiger partial charge >= 0.3 is 0 Å². The number of hydrogen-bond donors (Lipinski definition) is 0. The molecule has 0 aromatic heterocycles. The fourth-order valence-electron chi connectivity index (χ4n) is 1.75. The molecule has 108 valence electrons. The summed E-state index contributed by atoms with van der Waals surface area (Å²) in [4.78, 5) is 12.3. The molecule has 0 saturated carbocycles. The second-order valence-electron chi connectivity index (χ2n) is 4.30. The lowest BCUT2D eigenvalue weighted by molar-refractivity contribution is 0.103. The zero-order chi connectivity index (χ0) is 15.1. The molecule has 0 heterocycles. The third kappa shape index (κ3) is 4.97. The monoisotopic (exact) mass is 456 g/mol. The second kappa shape index (κ2) is 8.34. The van der Waals surface area contributed by atoms with E-state index >= 15 is 0 Å². The van der Waals surface area contributed by atoms with Crippen LogP contribution in [0.3, 0.4) is 0 Å². The molecule has 21 heavy (non-hydrogen) atoms. The number of carbonyl (C=O) groups is 1. The largest absolute Gasteiger partial charge is 0.490 e. The Kier molecular flexibility index (Phi) is 6.45. The molecule has 0 bridgehead atoms. The van der Waals surface area contributed by atoms with E-state index in [-0.39, 0.29) is 5.78 Å². The van der Waals surface area contributed by atoms with Gasteiger partial charge in [-0.1, -0.05) is 28.1 Å². The van der Waals surface area contributed by atoms with Crippen molar-refractivity contribution in [2.45, 2.75) is 0 Å². The molecule has 0 atom stereocenters. The number of halogens is 2. The van der Waals surface area contributed by atoms with Gasteiger partial charge in [0, 0.05) is 20.0 Å². The first-order chi connectivity index (χ1) is 10.2. The normalized spacial score (nSPS) is 10.8. The van der Waals surface area contributed by atoms with Gasteiger partial charge in [-0.3, -0.25) is 4.79 Å². The van der Waals surface area contributed by atoms with Crippen LogP contribution in [0.15, 0.2) is 60.7 Å². The minimum atomic E-state index is 0.0251. The fourth-order valence-corrected chi connectivity index (χ4v) is 2.37. The van der Waals surface area contributed by atoms with Crippen LogP contribution in [-0.2, 0) is 0 Å². The van der Waals surface area contributed by atoms with E-state index in [4.69, 9.17) is 4.74 Å². The molecule has 0 aliphatic heterocycles. The maximum Gasteiger partial charge on any atom is 0.193 e. The highest BCUT2D eigenvalue weighted by molar-refractivity contribution is 14.1. The quantitative estimate of drug-likeness (QED) is 0.269. The summed E-state index contributed by atoms with van der Waals surface area (Å²) >= 11 is 5.53. The molecule has 0 amide bonds. The minimum Gasteiger partial charge on any atom is -0.490 e. The van der Waals surface area contributed by atoms with Crippen LogP contribution < -0.4 is 4.74 Å². The smallest absolute Gasteiger partial charge is 0.193 e. The van der Waals surface area contributed by atoms with E-state index in [2.05, 4.69) is 38.5 Å². The zero-order valence-electron chi connectivity index (χ0n) is 11.3. The standard InChI is InChI=1S/C17H14BrIO2/c18-11-1-2-12-21-16-9-5-14(6-10-16)17(20)13-3-7-15(19)8-4-13/h1-10H,11-12H2/b2-1+. The number of allylic oxidation sites excluding steroid dienone is 1. The predicted molar refractivity (Wildman–Crippen MR) is 97.5 cm³/mol. The summed E-state index contributed by atoms with van der Waals surface area (Å²) in [5.41, 5.74) is 1.36. The Morgan fingerprint density at radius 3 is 2.14 bits per heavy atom. The lowest BCUT2D eigenvalue weighted by atomic mass is 10.0. The topological polar surface area (TPSA) is 26.3 Å². The lowest BCUT2D eigenvalue weighted by Crippen LogP contribution is -2.01. The summed E-state index contributed by atoms with van der Waals surface area (Å²) in [5.74, 6) is 0.783. The third-order valence-corrected chi connectivity index (χ3v) is 3.92. The molecule has 0 aliphatic carbocycles. The van der Waals surface area contributed by atoms with Crippen molar-refractivity contribution in [1.29, 1.82) is 0 Å². The van der Waals surface area contributed by atoms with E-state index in [1.54, 1.807) is 12.1 Å². The molecule has 2 nitrogen and oxygen atoms in total. The van der Waals surface area contributed by atoms with Crippen LogP contribution in [0.5, 0.6) is 5.75 Å². The van der Waals surface area contributed by atoms with Crippen LogP contribution >= 0.6 is 38.5 Å². The van der Waals surface area contributed by atoms with E-state index in [0.717, 1.165) is 14.6 Å². The molecule has 0 unspecified atom stereocenters. The summed E-state index contributed by atoms with van der Waals surface area (Å²) in [7, 11) is 0. The minimum absolute atomic E-state index is 0.0251. The first kappa shape index (κ1) is 16.2. The van der Waals surface area contributed by atoms with Gasteiger partial charge in [-0.25, -0.2) is 0 Å². The van der Waals surface area contributed by atoms with Crippen molar-refractivity contribution in [1.82, 2.24) is 0 Å². The molecular formula is C17H14BrIO2. The molecule has 2 aromatic carbocycles. The Labute approximate surface area is 146 Å². The highest BCUT2D eigenvalue weighted by Crippen LogP contribution is 2.16. The molecule has 0 spiro atoms. The molecular weight excluding hydrogens is 443 g/mol. The number of hydrogen-bond acceptors (Lipinski definition) is 2. The first-order valence-electron chi connectivity index (χ1n) is 6.45. The van der Waals surface area contributed by atoms with Crippen molar-refractivity contribution in [2.75, 3.05) is 11.9 Å². The third-order valence-electron chi connectivity index (χ3n) is 2.82. The van der Waals surface area contributed by atoms with Crippen LogP contribution in [0.2, 0.25) is 0 Å². The highest BCUT2D eigenvalue weighted by atomic mass is 127. The lowest BCUT2D eigenvalue weighted by Gasteiger charge is -2.05. The second-order valence-corrected chi connectivity index (χ2v) is 6.19. The number of carbonyl (C=O) groups excluding carboxylic acids is 1. The summed E-state index contributed by atoms with van der Waals surface area (Å²) in [6.07, 6.45) is 3.92. The fraction of sp³-hybridized carbons (Fsp3) is 0.118. The van der Waals surface area contributed by atoms with Gasteiger partial charge in [0.1, 0.15) is 12.4 Å². The van der Waals surface area contributed by atoms with Gasteiger partial charge in [-0.05, 0) is 71.1 Å². The average Bonchev–Trinajstić information content (AvgIpc) is 2.52. The molecule has 0 aliphatic rings. The number of rotatable bonds is 6. The zero-order valence-corrected chi connectivity index (χ0v) is 15.0. The van der Waals surface area contributed by atoms with Gasteiger partial charge in [-0.15, -0.1) is 0 Å². The van der Waals surface area contributed by atoms with E-state index in [1.165, 1.54) is 0 Å². The van der Waals surface area contributed by atoms with Crippen molar-refractivity contribution in [3.63, 3.8) is 0 Å². The SMILES string of the molecule is O=C(c1ccc(I)cc1)c1ccc(OC/C=C/CBr)cc1. The van der Waals surface area contributed by atoms with Gasteiger partial charge in [-0.2, -0.15) is 0 Å².